The van der Waals surface area contributed by atoms with E-state index in [1.807, 2.05) is 6.07 Å². The van der Waals surface area contributed by atoms with Crippen LogP contribution in [0.15, 0.2) is 16.7 Å². The molecular weight excluding hydrogens is 466 g/mol. The van der Waals surface area contributed by atoms with Crippen LogP contribution in [-0.2, 0) is 19.7 Å². The van der Waals surface area contributed by atoms with Crippen molar-refractivity contribution in [1.82, 2.24) is 4.47 Å². The second-order valence-electron chi connectivity index (χ2n) is 9.72. The number of nitrogens with zero attached hydrogens (tertiary/aromatic N) is 1. The third kappa shape index (κ3) is 8.52. The first-order valence-corrected chi connectivity index (χ1v) is 17.5. The molecule has 0 bridgehead atoms. The van der Waals surface area contributed by atoms with Crippen LogP contribution in [0.2, 0.25) is 18.1 Å². The SMILES string of the molecule is CCCCCCCCCCC(C)S(=O)(=O)N(OC(C)=O)C(C)c1coc([Si](CC)(CC)CC)c1. The van der Waals surface area contributed by atoms with Gasteiger partial charge in [0.2, 0.25) is 10.0 Å². The van der Waals surface area contributed by atoms with E-state index < -0.39 is 35.4 Å². The highest BCUT2D eigenvalue weighted by Gasteiger charge is 2.38. The molecule has 198 valence electrons. The molecule has 0 aliphatic carbocycles. The van der Waals surface area contributed by atoms with Gasteiger partial charge in [0.25, 0.3) is 0 Å². The lowest BCUT2D eigenvalue weighted by Crippen LogP contribution is -2.45. The maximum atomic E-state index is 13.4. The molecule has 0 fully saturated rings. The van der Waals surface area contributed by atoms with E-state index in [1.165, 1.54) is 39.0 Å². The zero-order valence-corrected chi connectivity index (χ0v) is 24.5. The first-order valence-electron chi connectivity index (χ1n) is 13.4. The van der Waals surface area contributed by atoms with Crippen molar-refractivity contribution in [3.63, 3.8) is 0 Å². The molecule has 0 aliphatic rings. The number of carbonyl (C=O) groups is 1. The maximum Gasteiger partial charge on any atom is 0.323 e. The van der Waals surface area contributed by atoms with Gasteiger partial charge in [0, 0.05) is 12.5 Å². The smallest absolute Gasteiger partial charge is 0.323 e. The number of unbranched alkanes of at least 4 members (excludes halogenated alkanes) is 7. The molecular formula is C26H49NO5SSi. The highest BCUT2D eigenvalue weighted by molar-refractivity contribution is 7.89. The molecule has 0 amide bonds. The van der Waals surface area contributed by atoms with E-state index in [0.29, 0.717) is 6.42 Å². The second kappa shape index (κ2) is 15.1. The van der Waals surface area contributed by atoms with Gasteiger partial charge in [-0.3, -0.25) is 4.79 Å². The normalized spacial score (nSPS) is 14.4. The van der Waals surface area contributed by atoms with Crippen LogP contribution in [-0.4, -0.2) is 32.2 Å². The van der Waals surface area contributed by atoms with Crippen LogP contribution >= 0.6 is 0 Å². The molecule has 1 rings (SSSR count). The Bertz CT molecular complexity index is 811. The minimum absolute atomic E-state index is 0.552. The Labute approximate surface area is 209 Å². The molecule has 0 aromatic carbocycles. The summed E-state index contributed by atoms with van der Waals surface area (Å²) in [7, 11) is -5.56. The zero-order valence-electron chi connectivity index (χ0n) is 22.7. The second-order valence-corrected chi connectivity index (χ2v) is 17.1. The number of hydrogen-bond acceptors (Lipinski definition) is 5. The molecule has 1 aromatic heterocycles. The minimum atomic E-state index is -3.83. The van der Waals surface area contributed by atoms with Crippen LogP contribution in [0.1, 0.15) is 118 Å². The molecule has 1 heterocycles. The van der Waals surface area contributed by atoms with E-state index in [9.17, 15) is 13.2 Å². The van der Waals surface area contributed by atoms with E-state index in [1.54, 1.807) is 20.1 Å². The van der Waals surface area contributed by atoms with Gasteiger partial charge in [-0.2, -0.15) is 0 Å². The van der Waals surface area contributed by atoms with Crippen molar-refractivity contribution < 1.29 is 22.5 Å². The molecule has 8 heteroatoms. The Hall–Kier alpha value is -1.12. The average Bonchev–Trinajstić information content (AvgIpc) is 3.31. The van der Waals surface area contributed by atoms with Gasteiger partial charge in [0.05, 0.1) is 22.9 Å². The van der Waals surface area contributed by atoms with Gasteiger partial charge < -0.3 is 9.25 Å². The first-order chi connectivity index (χ1) is 16.1. The van der Waals surface area contributed by atoms with Gasteiger partial charge in [-0.1, -0.05) is 97.2 Å². The van der Waals surface area contributed by atoms with Crippen molar-refractivity contribution in [3.05, 3.63) is 17.9 Å². The van der Waals surface area contributed by atoms with Gasteiger partial charge in [0.1, 0.15) is 8.07 Å². The highest BCUT2D eigenvalue weighted by atomic mass is 32.2. The Morgan fingerprint density at radius 3 is 2.00 bits per heavy atom. The number of carbonyl (C=O) groups excluding carboxylic acids is 1. The number of sulfonamides is 1. The van der Waals surface area contributed by atoms with Crippen molar-refractivity contribution >= 4 is 29.4 Å². The van der Waals surface area contributed by atoms with Crippen LogP contribution in [0.3, 0.4) is 0 Å². The number of hydrogen-bond donors (Lipinski definition) is 0. The summed E-state index contributed by atoms with van der Waals surface area (Å²) < 4.78 is 33.7. The predicted molar refractivity (Wildman–Crippen MR) is 143 cm³/mol. The van der Waals surface area contributed by atoms with Crippen LogP contribution in [0.4, 0.5) is 0 Å². The van der Waals surface area contributed by atoms with E-state index in [0.717, 1.165) is 52.8 Å². The summed E-state index contributed by atoms with van der Waals surface area (Å²) in [4.78, 5) is 17.1. The van der Waals surface area contributed by atoms with Gasteiger partial charge in [-0.25, -0.2) is 8.42 Å². The summed E-state index contributed by atoms with van der Waals surface area (Å²) in [5.74, 6) is -0.641. The van der Waals surface area contributed by atoms with Gasteiger partial charge in [-0.15, -0.1) is 0 Å². The summed E-state index contributed by atoms with van der Waals surface area (Å²) in [6.07, 6.45) is 11.5. The quantitative estimate of drug-likeness (QED) is 0.118. The van der Waals surface area contributed by atoms with E-state index in [4.69, 9.17) is 9.25 Å². The third-order valence-electron chi connectivity index (χ3n) is 7.41. The van der Waals surface area contributed by atoms with Gasteiger partial charge in [-0.05, 0) is 30.8 Å². The van der Waals surface area contributed by atoms with Crippen LogP contribution < -0.4 is 5.38 Å². The van der Waals surface area contributed by atoms with Gasteiger partial charge in [0.15, 0.2) is 0 Å². The molecule has 0 N–H and O–H groups in total. The molecule has 0 spiro atoms. The monoisotopic (exact) mass is 515 g/mol. The van der Waals surface area contributed by atoms with Crippen molar-refractivity contribution in [1.29, 1.82) is 0 Å². The summed E-state index contributed by atoms with van der Waals surface area (Å²) in [6, 6.07) is 4.56. The summed E-state index contributed by atoms with van der Waals surface area (Å²) >= 11 is 0. The van der Waals surface area contributed by atoms with Crippen molar-refractivity contribution in [2.45, 2.75) is 136 Å². The summed E-state index contributed by atoms with van der Waals surface area (Å²) in [6.45, 7) is 13.5. The molecule has 6 nitrogen and oxygen atoms in total. The fraction of sp³-hybridized carbons (Fsp3) is 0.808. The van der Waals surface area contributed by atoms with Crippen molar-refractivity contribution in [2.75, 3.05) is 0 Å². The molecule has 34 heavy (non-hydrogen) atoms. The maximum absolute atomic E-state index is 13.4. The zero-order chi connectivity index (χ0) is 25.8. The third-order valence-corrected chi connectivity index (χ3v) is 14.9. The molecule has 2 unspecified atom stereocenters. The molecule has 0 saturated carbocycles. The van der Waals surface area contributed by atoms with Crippen molar-refractivity contribution in [3.8, 4) is 0 Å². The molecule has 1 aromatic rings. The van der Waals surface area contributed by atoms with E-state index >= 15 is 0 Å². The molecule has 2 atom stereocenters. The number of hydroxylamine groups is 1. The Morgan fingerprint density at radius 1 is 0.971 bits per heavy atom. The predicted octanol–water partition coefficient (Wildman–Crippen LogP) is 7.09. The van der Waals surface area contributed by atoms with Crippen LogP contribution in [0.25, 0.3) is 0 Å². The Kier molecular flexibility index (Phi) is 13.7. The Balaban J connectivity index is 2.90. The molecule has 0 aliphatic heterocycles. The highest BCUT2D eigenvalue weighted by Crippen LogP contribution is 2.30. The van der Waals surface area contributed by atoms with Crippen LogP contribution in [0.5, 0.6) is 0 Å². The first kappa shape index (κ1) is 30.9. The topological polar surface area (TPSA) is 76.8 Å². The van der Waals surface area contributed by atoms with E-state index in [-0.39, 0.29) is 0 Å². The van der Waals surface area contributed by atoms with Gasteiger partial charge >= 0.3 is 5.97 Å². The fourth-order valence-electron chi connectivity index (χ4n) is 4.61. The van der Waals surface area contributed by atoms with Crippen LogP contribution in [0, 0.1) is 0 Å². The van der Waals surface area contributed by atoms with E-state index in [2.05, 4.69) is 27.7 Å². The summed E-state index contributed by atoms with van der Waals surface area (Å²) in [5.41, 5.74) is 0.728. The van der Waals surface area contributed by atoms with Crippen molar-refractivity contribution in [2.24, 2.45) is 0 Å². The fourth-order valence-corrected chi connectivity index (χ4v) is 9.53. The minimum Gasteiger partial charge on any atom is -0.474 e. The Morgan fingerprint density at radius 2 is 1.50 bits per heavy atom. The molecule has 0 radical (unpaired) electrons. The average molecular weight is 516 g/mol. The largest absolute Gasteiger partial charge is 0.474 e. The lowest BCUT2D eigenvalue weighted by molar-refractivity contribution is -0.172. The standard InChI is InChI=1S/C26H49NO5SSi/c1-8-12-13-14-15-16-17-18-19-22(5)33(29,30)27(32-24(7)28)23(6)25-20-26(31-21-25)34(9-2,10-3)11-4/h20-23H,8-19H2,1-7H3. The number of rotatable bonds is 18. The number of furan rings is 1. The summed E-state index contributed by atoms with van der Waals surface area (Å²) in [5, 5.41) is 0.366. The lowest BCUT2D eigenvalue weighted by atomic mass is 10.1. The molecule has 0 saturated heterocycles. The lowest BCUT2D eigenvalue weighted by Gasteiger charge is -2.28.